The number of carbonyl (C=O) groups is 2. The van der Waals surface area contributed by atoms with E-state index < -0.39 is 12.1 Å². The Kier molecular flexibility index (Phi) is 2.63. The lowest BCUT2D eigenvalue weighted by atomic mass is 10.1. The van der Waals surface area contributed by atoms with Crippen LogP contribution in [0.3, 0.4) is 0 Å². The van der Waals surface area contributed by atoms with Crippen molar-refractivity contribution in [1.29, 1.82) is 0 Å². The fourth-order valence-electron chi connectivity index (χ4n) is 1.79. The molecule has 1 aromatic carbocycles. The molecule has 3 amide bonds. The van der Waals surface area contributed by atoms with Gasteiger partial charge in [-0.1, -0.05) is 6.07 Å². The van der Waals surface area contributed by atoms with E-state index in [-0.39, 0.29) is 17.4 Å². The first kappa shape index (κ1) is 11.3. The van der Waals surface area contributed by atoms with Crippen molar-refractivity contribution in [2.24, 2.45) is 0 Å². The van der Waals surface area contributed by atoms with Crippen molar-refractivity contribution in [3.05, 3.63) is 23.8 Å². The topological polar surface area (TPSA) is 78.9 Å². The summed E-state index contributed by atoms with van der Waals surface area (Å²) in [5.74, 6) is -0.128. The summed E-state index contributed by atoms with van der Waals surface area (Å²) in [6.45, 7) is 0. The summed E-state index contributed by atoms with van der Waals surface area (Å²) in [4.78, 5) is 24.2. The summed E-state index contributed by atoms with van der Waals surface area (Å²) in [7, 11) is 2.95. The van der Waals surface area contributed by atoms with Crippen molar-refractivity contribution in [3.63, 3.8) is 0 Å². The molecule has 1 fully saturated rings. The Morgan fingerprint density at radius 1 is 1.41 bits per heavy atom. The number of rotatable bonds is 2. The number of hydrogen-bond donors (Lipinski definition) is 2. The zero-order valence-corrected chi connectivity index (χ0v) is 9.43. The van der Waals surface area contributed by atoms with Crippen molar-refractivity contribution in [3.8, 4) is 11.5 Å². The van der Waals surface area contributed by atoms with Gasteiger partial charge in [-0.15, -0.1) is 0 Å². The number of methoxy groups -OCH3 is 1. The van der Waals surface area contributed by atoms with E-state index in [1.165, 1.54) is 31.2 Å². The summed E-state index contributed by atoms with van der Waals surface area (Å²) in [6, 6.07) is 3.42. The number of nitrogens with zero attached hydrogens (tertiary/aromatic N) is 1. The Balaban J connectivity index is 2.40. The third kappa shape index (κ3) is 1.77. The number of nitrogens with one attached hydrogen (secondary N) is 1. The average Bonchev–Trinajstić information content (AvgIpc) is 2.55. The Bertz CT molecular complexity index is 486. The van der Waals surface area contributed by atoms with Crippen molar-refractivity contribution in [2.45, 2.75) is 6.04 Å². The minimum absolute atomic E-state index is 0.0105. The molecule has 1 heterocycles. The highest BCUT2D eigenvalue weighted by Crippen LogP contribution is 2.32. The molecule has 1 aliphatic heterocycles. The molecule has 1 aliphatic rings. The molecule has 6 heteroatoms. The van der Waals surface area contributed by atoms with Gasteiger partial charge in [0.15, 0.2) is 11.5 Å². The molecule has 17 heavy (non-hydrogen) atoms. The number of aromatic hydroxyl groups is 1. The predicted octanol–water partition coefficient (Wildman–Crippen LogP) is 0.623. The number of hydrogen-bond acceptors (Lipinski definition) is 4. The van der Waals surface area contributed by atoms with Gasteiger partial charge >= 0.3 is 6.03 Å². The minimum atomic E-state index is -0.683. The van der Waals surface area contributed by atoms with Gasteiger partial charge in [0, 0.05) is 7.05 Å². The van der Waals surface area contributed by atoms with Gasteiger partial charge < -0.3 is 14.7 Å². The summed E-state index contributed by atoms with van der Waals surface area (Å²) in [6.07, 6.45) is 0. The number of imide groups is 1. The van der Waals surface area contributed by atoms with Gasteiger partial charge in [0.2, 0.25) is 0 Å². The van der Waals surface area contributed by atoms with Crippen LogP contribution in [-0.4, -0.2) is 36.1 Å². The monoisotopic (exact) mass is 236 g/mol. The van der Waals surface area contributed by atoms with E-state index >= 15 is 0 Å². The molecular weight excluding hydrogens is 224 g/mol. The van der Waals surface area contributed by atoms with Crippen LogP contribution >= 0.6 is 0 Å². The molecule has 2 N–H and O–H groups in total. The first-order chi connectivity index (χ1) is 8.04. The zero-order chi connectivity index (χ0) is 12.6. The van der Waals surface area contributed by atoms with E-state index in [1.54, 1.807) is 6.07 Å². The molecule has 0 aliphatic carbocycles. The molecule has 0 aromatic heterocycles. The fraction of sp³-hybridized carbons (Fsp3) is 0.273. The van der Waals surface area contributed by atoms with Crippen LogP contribution in [0.25, 0.3) is 0 Å². The number of ether oxygens (including phenoxy) is 1. The summed E-state index contributed by atoms with van der Waals surface area (Å²) in [5.41, 5.74) is 0.588. The van der Waals surface area contributed by atoms with Crippen LogP contribution in [0.2, 0.25) is 0 Å². The molecule has 1 aromatic rings. The van der Waals surface area contributed by atoms with Crippen LogP contribution in [0.5, 0.6) is 11.5 Å². The Hall–Kier alpha value is -2.24. The number of phenols is 1. The van der Waals surface area contributed by atoms with Gasteiger partial charge in [-0.3, -0.25) is 10.1 Å². The van der Waals surface area contributed by atoms with E-state index in [0.29, 0.717) is 5.56 Å². The van der Waals surface area contributed by atoms with Gasteiger partial charge in [0.1, 0.15) is 6.04 Å². The van der Waals surface area contributed by atoms with Crippen molar-refractivity contribution >= 4 is 11.9 Å². The first-order valence-corrected chi connectivity index (χ1v) is 4.99. The second-order valence-electron chi connectivity index (χ2n) is 3.74. The molecule has 6 nitrogen and oxygen atoms in total. The van der Waals surface area contributed by atoms with Crippen molar-refractivity contribution < 1.29 is 19.4 Å². The van der Waals surface area contributed by atoms with Crippen LogP contribution in [0.1, 0.15) is 11.6 Å². The van der Waals surface area contributed by atoms with Crippen LogP contribution in [0.4, 0.5) is 4.79 Å². The number of benzene rings is 1. The molecule has 1 unspecified atom stereocenters. The lowest BCUT2D eigenvalue weighted by Gasteiger charge is -2.17. The van der Waals surface area contributed by atoms with Gasteiger partial charge in [-0.05, 0) is 17.7 Å². The maximum Gasteiger partial charge on any atom is 0.324 e. The van der Waals surface area contributed by atoms with Gasteiger partial charge in [-0.25, -0.2) is 4.79 Å². The molecule has 0 saturated carbocycles. The molecule has 90 valence electrons. The molecule has 1 atom stereocenters. The summed E-state index contributed by atoms with van der Waals surface area (Å²) in [5, 5.41) is 11.7. The number of urea groups is 1. The van der Waals surface area contributed by atoms with E-state index in [9.17, 15) is 14.7 Å². The third-order valence-electron chi connectivity index (χ3n) is 2.71. The maximum absolute atomic E-state index is 11.6. The van der Waals surface area contributed by atoms with Gasteiger partial charge in [-0.2, -0.15) is 0 Å². The predicted molar refractivity (Wildman–Crippen MR) is 58.7 cm³/mol. The number of phenolic OH excluding ortho intramolecular Hbond substituents is 1. The molecular formula is C11H12N2O4. The lowest BCUT2D eigenvalue weighted by Crippen LogP contribution is -2.25. The maximum atomic E-state index is 11.6. The number of likely N-dealkylation sites (N-methyl/N-ethyl adjacent to an activating group) is 1. The van der Waals surface area contributed by atoms with Crippen molar-refractivity contribution in [1.82, 2.24) is 10.2 Å². The Morgan fingerprint density at radius 2 is 2.12 bits per heavy atom. The normalized spacial score (nSPS) is 19.4. The average molecular weight is 236 g/mol. The summed E-state index contributed by atoms with van der Waals surface area (Å²) >= 11 is 0. The third-order valence-corrected chi connectivity index (χ3v) is 2.71. The number of amides is 3. The molecule has 0 spiro atoms. The summed E-state index contributed by atoms with van der Waals surface area (Å²) < 4.78 is 4.96. The lowest BCUT2D eigenvalue weighted by molar-refractivity contribution is -0.121. The standard InChI is InChI=1S/C11H12N2O4/c1-13-9(10(15)12-11(13)16)6-3-4-7(14)8(5-6)17-2/h3-5,9,14H,1-2H3,(H,12,15,16). The van der Waals surface area contributed by atoms with Crippen LogP contribution in [0.15, 0.2) is 18.2 Å². The first-order valence-electron chi connectivity index (χ1n) is 4.99. The number of carbonyl (C=O) groups excluding carboxylic acids is 2. The van der Waals surface area contributed by atoms with E-state index in [1.807, 2.05) is 0 Å². The van der Waals surface area contributed by atoms with Crippen LogP contribution in [-0.2, 0) is 4.79 Å². The second kappa shape index (κ2) is 3.97. The van der Waals surface area contributed by atoms with Gasteiger partial charge in [0.25, 0.3) is 5.91 Å². The molecule has 1 saturated heterocycles. The van der Waals surface area contributed by atoms with E-state index in [0.717, 1.165) is 0 Å². The zero-order valence-electron chi connectivity index (χ0n) is 9.43. The minimum Gasteiger partial charge on any atom is -0.504 e. The highest BCUT2D eigenvalue weighted by molar-refractivity contribution is 6.04. The Labute approximate surface area is 97.8 Å². The van der Waals surface area contributed by atoms with E-state index in [4.69, 9.17) is 4.74 Å². The largest absolute Gasteiger partial charge is 0.504 e. The second-order valence-corrected chi connectivity index (χ2v) is 3.74. The fourth-order valence-corrected chi connectivity index (χ4v) is 1.79. The highest BCUT2D eigenvalue weighted by Gasteiger charge is 2.37. The van der Waals surface area contributed by atoms with Crippen LogP contribution in [0, 0.1) is 0 Å². The smallest absolute Gasteiger partial charge is 0.324 e. The van der Waals surface area contributed by atoms with Crippen LogP contribution < -0.4 is 10.1 Å². The van der Waals surface area contributed by atoms with E-state index in [2.05, 4.69) is 5.32 Å². The van der Waals surface area contributed by atoms with Gasteiger partial charge in [0.05, 0.1) is 7.11 Å². The van der Waals surface area contributed by atoms with Crippen molar-refractivity contribution in [2.75, 3.05) is 14.2 Å². The quantitative estimate of drug-likeness (QED) is 0.738. The molecule has 0 radical (unpaired) electrons. The highest BCUT2D eigenvalue weighted by atomic mass is 16.5. The SMILES string of the molecule is COc1cc(C2C(=O)NC(=O)N2C)ccc1O. The Morgan fingerprint density at radius 3 is 2.65 bits per heavy atom. The molecule has 0 bridgehead atoms. The molecule has 2 rings (SSSR count).